The molecule has 0 bridgehead atoms. The zero-order valence-electron chi connectivity index (χ0n) is 17.8. The minimum Gasteiger partial charge on any atom is -0.325 e. The van der Waals surface area contributed by atoms with Gasteiger partial charge in [-0.05, 0) is 55.0 Å². The van der Waals surface area contributed by atoms with Gasteiger partial charge in [0.25, 0.3) is 0 Å². The highest BCUT2D eigenvalue weighted by Gasteiger charge is 2.13. The quantitative estimate of drug-likeness (QED) is 0.385. The maximum atomic E-state index is 13.0. The second kappa shape index (κ2) is 7.67. The highest BCUT2D eigenvalue weighted by Crippen LogP contribution is 2.21. The van der Waals surface area contributed by atoms with E-state index < -0.39 is 0 Å². The molecule has 4 heterocycles. The van der Waals surface area contributed by atoms with E-state index in [1.807, 2.05) is 60.7 Å². The Morgan fingerprint density at radius 2 is 0.970 bits per heavy atom. The van der Waals surface area contributed by atoms with Crippen molar-refractivity contribution in [2.75, 3.05) is 0 Å². The molecular formula is C27H20N4O2. The van der Waals surface area contributed by atoms with E-state index in [9.17, 15) is 9.59 Å². The second-order valence-electron chi connectivity index (χ2n) is 8.10. The number of aryl methyl sites for hydroxylation is 2. The normalized spacial score (nSPS) is 11.6. The van der Waals surface area contributed by atoms with E-state index in [4.69, 9.17) is 0 Å². The van der Waals surface area contributed by atoms with Crippen LogP contribution in [0.3, 0.4) is 0 Å². The molecule has 0 atom stereocenters. The van der Waals surface area contributed by atoms with Gasteiger partial charge < -0.3 is 9.13 Å². The number of benzene rings is 2. The number of nitrogens with zero attached hydrogens (tertiary/aromatic N) is 4. The molecule has 160 valence electrons. The molecule has 0 saturated heterocycles. The highest BCUT2D eigenvalue weighted by molar-refractivity contribution is 5.92. The zero-order chi connectivity index (χ0) is 22.4. The minimum atomic E-state index is 0.00606. The largest absolute Gasteiger partial charge is 0.325 e. The highest BCUT2D eigenvalue weighted by atomic mass is 16.1. The lowest BCUT2D eigenvalue weighted by atomic mass is 10.1. The van der Waals surface area contributed by atoms with Gasteiger partial charge >= 0.3 is 0 Å². The molecule has 0 saturated carbocycles. The molecule has 0 aliphatic heterocycles. The molecule has 6 nitrogen and oxygen atoms in total. The first-order chi connectivity index (χ1) is 16.2. The van der Waals surface area contributed by atoms with Crippen molar-refractivity contribution in [1.29, 1.82) is 0 Å². The number of fused-ring (bicyclic) bond motifs is 4. The summed E-state index contributed by atoms with van der Waals surface area (Å²) in [5.74, 6) is 0. The van der Waals surface area contributed by atoms with E-state index in [0.717, 1.165) is 17.5 Å². The molecular weight excluding hydrogens is 412 g/mol. The number of pyridine rings is 4. The van der Waals surface area contributed by atoms with Crippen LogP contribution in [0.4, 0.5) is 0 Å². The monoisotopic (exact) mass is 432 g/mol. The Labute approximate surface area is 188 Å². The van der Waals surface area contributed by atoms with Gasteiger partial charge in [0.2, 0.25) is 0 Å². The van der Waals surface area contributed by atoms with Crippen molar-refractivity contribution in [2.24, 2.45) is 0 Å². The third-order valence-electron chi connectivity index (χ3n) is 6.22. The van der Waals surface area contributed by atoms with E-state index in [1.54, 1.807) is 24.5 Å². The average Bonchev–Trinajstić information content (AvgIpc) is 2.88. The molecule has 0 spiro atoms. The summed E-state index contributed by atoms with van der Waals surface area (Å²) in [6, 6.07) is 22.6. The summed E-state index contributed by atoms with van der Waals surface area (Å²) in [5, 5.41) is 2.63. The molecule has 2 aromatic carbocycles. The van der Waals surface area contributed by atoms with E-state index in [1.165, 1.54) is 0 Å². The number of para-hydroxylation sites is 2. The van der Waals surface area contributed by atoms with Crippen LogP contribution in [-0.4, -0.2) is 19.1 Å². The fourth-order valence-electron chi connectivity index (χ4n) is 4.74. The SMILES string of the molecule is O=c1c2ccccc2n(CCCn2c3ccccc3c(=O)c3cccnc32)c2ncccc12. The van der Waals surface area contributed by atoms with Crippen LogP contribution in [0.5, 0.6) is 0 Å². The van der Waals surface area contributed by atoms with Crippen LogP contribution >= 0.6 is 0 Å². The number of rotatable bonds is 4. The predicted octanol–water partition coefficient (Wildman–Crippen LogP) is 4.50. The Morgan fingerprint density at radius 3 is 1.45 bits per heavy atom. The van der Waals surface area contributed by atoms with Gasteiger partial charge in [-0.2, -0.15) is 0 Å². The zero-order valence-corrected chi connectivity index (χ0v) is 17.8. The van der Waals surface area contributed by atoms with Crippen molar-refractivity contribution < 1.29 is 0 Å². The van der Waals surface area contributed by atoms with Crippen LogP contribution in [0, 0.1) is 0 Å². The molecule has 0 fully saturated rings. The lowest BCUT2D eigenvalue weighted by Crippen LogP contribution is -2.16. The van der Waals surface area contributed by atoms with Gasteiger partial charge in [-0.3, -0.25) is 9.59 Å². The van der Waals surface area contributed by atoms with Crippen molar-refractivity contribution in [3.8, 4) is 0 Å². The van der Waals surface area contributed by atoms with Crippen LogP contribution in [0.15, 0.2) is 94.8 Å². The first-order valence-electron chi connectivity index (χ1n) is 11.0. The fraction of sp³-hybridized carbons (Fsp3) is 0.111. The second-order valence-corrected chi connectivity index (χ2v) is 8.10. The van der Waals surface area contributed by atoms with Crippen molar-refractivity contribution >= 4 is 43.9 Å². The summed E-state index contributed by atoms with van der Waals surface area (Å²) in [7, 11) is 0. The van der Waals surface area contributed by atoms with Crippen LogP contribution in [0.2, 0.25) is 0 Å². The van der Waals surface area contributed by atoms with Crippen LogP contribution in [0.1, 0.15) is 6.42 Å². The Hall–Kier alpha value is -4.32. The minimum absolute atomic E-state index is 0.00606. The molecule has 0 N–H and O–H groups in total. The molecule has 0 amide bonds. The standard InChI is InChI=1S/C27H20N4O2/c32-24-18-8-1-3-12-22(18)30(26-20(24)10-5-14-28-26)16-7-17-31-23-13-4-2-9-19(23)25(33)21-11-6-15-29-27(21)31/h1-6,8-15H,7,16-17H2. The van der Waals surface area contributed by atoms with Crippen molar-refractivity contribution in [3.63, 3.8) is 0 Å². The summed E-state index contributed by atoms with van der Waals surface area (Å²) < 4.78 is 4.23. The van der Waals surface area contributed by atoms with Gasteiger partial charge in [0.05, 0.1) is 21.8 Å². The Morgan fingerprint density at radius 1 is 0.545 bits per heavy atom. The van der Waals surface area contributed by atoms with E-state index in [2.05, 4.69) is 19.1 Å². The van der Waals surface area contributed by atoms with E-state index >= 15 is 0 Å². The lowest BCUT2D eigenvalue weighted by molar-refractivity contribution is 0.595. The van der Waals surface area contributed by atoms with E-state index in [0.29, 0.717) is 45.9 Å². The number of hydrogen-bond donors (Lipinski definition) is 0. The molecule has 6 heteroatoms. The summed E-state index contributed by atoms with van der Waals surface area (Å²) in [6.45, 7) is 1.34. The fourth-order valence-corrected chi connectivity index (χ4v) is 4.74. The molecule has 6 aromatic rings. The first-order valence-corrected chi connectivity index (χ1v) is 11.0. The maximum absolute atomic E-state index is 13.0. The lowest BCUT2D eigenvalue weighted by Gasteiger charge is -2.17. The van der Waals surface area contributed by atoms with Crippen LogP contribution < -0.4 is 10.9 Å². The number of hydrogen-bond acceptors (Lipinski definition) is 4. The van der Waals surface area contributed by atoms with Crippen LogP contribution in [0.25, 0.3) is 43.9 Å². The van der Waals surface area contributed by atoms with Crippen molar-refractivity contribution in [1.82, 2.24) is 19.1 Å². The van der Waals surface area contributed by atoms with Gasteiger partial charge in [0, 0.05) is 36.3 Å². The molecule has 33 heavy (non-hydrogen) atoms. The Kier molecular flexibility index (Phi) is 4.50. The summed E-state index contributed by atoms with van der Waals surface area (Å²) >= 11 is 0. The summed E-state index contributed by atoms with van der Waals surface area (Å²) in [4.78, 5) is 35.0. The third-order valence-corrected chi connectivity index (χ3v) is 6.22. The first kappa shape index (κ1) is 19.4. The summed E-state index contributed by atoms with van der Waals surface area (Å²) in [6.07, 6.45) is 4.22. The van der Waals surface area contributed by atoms with Gasteiger partial charge in [0.1, 0.15) is 11.3 Å². The maximum Gasteiger partial charge on any atom is 0.198 e. The van der Waals surface area contributed by atoms with Gasteiger partial charge in [-0.1, -0.05) is 24.3 Å². The molecule has 0 aliphatic rings. The summed E-state index contributed by atoms with van der Waals surface area (Å²) in [5.41, 5.74) is 3.14. The molecule has 4 aromatic heterocycles. The van der Waals surface area contributed by atoms with Gasteiger partial charge in [0.15, 0.2) is 10.9 Å². The van der Waals surface area contributed by atoms with Gasteiger partial charge in [-0.15, -0.1) is 0 Å². The topological polar surface area (TPSA) is 69.8 Å². The van der Waals surface area contributed by atoms with E-state index in [-0.39, 0.29) is 10.9 Å². The third kappa shape index (κ3) is 3.03. The molecule has 6 rings (SSSR count). The van der Waals surface area contributed by atoms with Crippen molar-refractivity contribution in [3.05, 3.63) is 106 Å². The molecule has 0 aliphatic carbocycles. The molecule has 0 unspecified atom stereocenters. The molecule has 0 radical (unpaired) electrons. The average molecular weight is 432 g/mol. The Bertz CT molecular complexity index is 1550. The van der Waals surface area contributed by atoms with Gasteiger partial charge in [-0.25, -0.2) is 9.97 Å². The number of aromatic nitrogens is 4. The smallest absolute Gasteiger partial charge is 0.198 e. The predicted molar refractivity (Wildman–Crippen MR) is 132 cm³/mol. The Balaban J connectivity index is 1.47. The van der Waals surface area contributed by atoms with Crippen molar-refractivity contribution in [2.45, 2.75) is 19.5 Å². The van der Waals surface area contributed by atoms with Crippen LogP contribution in [-0.2, 0) is 13.1 Å².